The molecule has 0 radical (unpaired) electrons. The van der Waals surface area contributed by atoms with Crippen molar-refractivity contribution in [3.05, 3.63) is 36.0 Å². The van der Waals surface area contributed by atoms with E-state index >= 15 is 0 Å². The molecular weight excluding hydrogens is 292 g/mol. The molecule has 0 spiro atoms. The highest BCUT2D eigenvalue weighted by atomic mass is 16.3. The lowest BCUT2D eigenvalue weighted by Crippen LogP contribution is -2.36. The lowest BCUT2D eigenvalue weighted by molar-refractivity contribution is 0.0339. The zero-order chi connectivity index (χ0) is 16.4. The fourth-order valence-corrected chi connectivity index (χ4v) is 3.01. The molecule has 1 aliphatic carbocycles. The zero-order valence-corrected chi connectivity index (χ0v) is 13.8. The summed E-state index contributed by atoms with van der Waals surface area (Å²) in [7, 11) is 5.93. The Hall–Kier alpha value is -1.99. The van der Waals surface area contributed by atoms with E-state index in [1.54, 1.807) is 17.1 Å². The summed E-state index contributed by atoms with van der Waals surface area (Å²) in [6, 6.07) is 0.0935. The number of hydrogen-bond donors (Lipinski definition) is 2. The molecule has 2 aromatic rings. The van der Waals surface area contributed by atoms with Crippen LogP contribution in [0.2, 0.25) is 0 Å². The Morgan fingerprint density at radius 3 is 2.74 bits per heavy atom. The third kappa shape index (κ3) is 3.86. The maximum Gasteiger partial charge on any atom is 0.145 e. The summed E-state index contributed by atoms with van der Waals surface area (Å²) in [5.74, 6) is 1.15. The molecule has 0 unspecified atom stereocenters. The molecule has 1 fully saturated rings. The van der Waals surface area contributed by atoms with Crippen LogP contribution in [0.25, 0.3) is 0 Å². The summed E-state index contributed by atoms with van der Waals surface area (Å²) >= 11 is 0. The van der Waals surface area contributed by atoms with Gasteiger partial charge in [-0.2, -0.15) is 5.10 Å². The van der Waals surface area contributed by atoms with Gasteiger partial charge in [-0.15, -0.1) is 0 Å². The fourth-order valence-electron chi connectivity index (χ4n) is 3.01. The van der Waals surface area contributed by atoms with Gasteiger partial charge in [-0.1, -0.05) is 0 Å². The van der Waals surface area contributed by atoms with Gasteiger partial charge in [-0.05, 0) is 32.9 Å². The van der Waals surface area contributed by atoms with Gasteiger partial charge in [0, 0.05) is 31.5 Å². The molecule has 2 N–H and O–H groups in total. The number of aryl methyl sites for hydroxylation is 1. The molecule has 124 valence electrons. The average Bonchev–Trinajstić information content (AvgIpc) is 2.88. The van der Waals surface area contributed by atoms with Gasteiger partial charge in [0.2, 0.25) is 0 Å². The van der Waals surface area contributed by atoms with Crippen molar-refractivity contribution in [2.75, 3.05) is 19.4 Å². The first-order chi connectivity index (χ1) is 11.0. The Balaban J connectivity index is 1.78. The van der Waals surface area contributed by atoms with E-state index in [9.17, 15) is 5.11 Å². The number of hydrogen-bond acceptors (Lipinski definition) is 6. The first-order valence-corrected chi connectivity index (χ1v) is 7.90. The van der Waals surface area contributed by atoms with Gasteiger partial charge < -0.3 is 15.3 Å². The minimum Gasteiger partial charge on any atom is -0.393 e. The normalized spacial score (nSPS) is 22.0. The Morgan fingerprint density at radius 2 is 2.13 bits per heavy atom. The van der Waals surface area contributed by atoms with Crippen LogP contribution >= 0.6 is 0 Å². The van der Waals surface area contributed by atoms with E-state index in [1.165, 1.54) is 0 Å². The van der Waals surface area contributed by atoms with E-state index in [4.69, 9.17) is 0 Å². The average molecular weight is 316 g/mol. The lowest BCUT2D eigenvalue weighted by atomic mass is 9.75. The maximum atomic E-state index is 9.65. The van der Waals surface area contributed by atoms with Gasteiger partial charge in [0.05, 0.1) is 30.2 Å². The topological polar surface area (TPSA) is 79.1 Å². The first kappa shape index (κ1) is 15.9. The van der Waals surface area contributed by atoms with Crippen LogP contribution in [0.5, 0.6) is 0 Å². The molecule has 2 heterocycles. The number of aliphatic hydroxyl groups excluding tert-OH is 1. The summed E-state index contributed by atoms with van der Waals surface area (Å²) in [6.45, 7) is 0.752. The van der Waals surface area contributed by atoms with Gasteiger partial charge in [0.25, 0.3) is 0 Å². The van der Waals surface area contributed by atoms with Crippen LogP contribution in [0.4, 0.5) is 5.82 Å². The molecule has 1 atom stereocenters. The van der Waals surface area contributed by atoms with Crippen molar-refractivity contribution in [1.82, 2.24) is 24.6 Å². The van der Waals surface area contributed by atoms with E-state index < -0.39 is 0 Å². The molecule has 0 aromatic carbocycles. The van der Waals surface area contributed by atoms with E-state index in [0.29, 0.717) is 5.92 Å². The summed E-state index contributed by atoms with van der Waals surface area (Å²) < 4.78 is 1.80. The quantitative estimate of drug-likeness (QED) is 0.833. The maximum absolute atomic E-state index is 9.65. The molecule has 0 bridgehead atoms. The highest BCUT2D eigenvalue weighted by Crippen LogP contribution is 2.39. The molecular formula is C16H24N6O. The van der Waals surface area contributed by atoms with Crippen LogP contribution in [0, 0.1) is 5.92 Å². The molecule has 1 saturated carbocycles. The van der Waals surface area contributed by atoms with E-state index in [2.05, 4.69) is 25.3 Å². The van der Waals surface area contributed by atoms with Gasteiger partial charge in [-0.25, -0.2) is 4.98 Å². The Kier molecular flexibility index (Phi) is 4.58. The first-order valence-electron chi connectivity index (χ1n) is 7.90. The highest BCUT2D eigenvalue weighted by Gasteiger charge is 2.35. The largest absolute Gasteiger partial charge is 0.393 e. The van der Waals surface area contributed by atoms with Gasteiger partial charge in [-0.3, -0.25) is 9.67 Å². The van der Waals surface area contributed by atoms with Crippen molar-refractivity contribution < 1.29 is 5.11 Å². The number of nitrogens with one attached hydrogen (secondary N) is 1. The summed E-state index contributed by atoms with van der Waals surface area (Å²) in [5, 5.41) is 17.4. The molecule has 0 saturated heterocycles. The second kappa shape index (κ2) is 6.64. The second-order valence-corrected chi connectivity index (χ2v) is 6.59. The second-order valence-electron chi connectivity index (χ2n) is 6.59. The van der Waals surface area contributed by atoms with Crippen LogP contribution in [0.3, 0.4) is 0 Å². The van der Waals surface area contributed by atoms with Gasteiger partial charge in [0.1, 0.15) is 5.82 Å². The van der Waals surface area contributed by atoms with Crippen molar-refractivity contribution in [3.63, 3.8) is 0 Å². The Labute approximate surface area is 136 Å². The number of anilines is 1. The molecule has 3 rings (SSSR count). The molecule has 7 nitrogen and oxygen atoms in total. The Bertz CT molecular complexity index is 650. The van der Waals surface area contributed by atoms with Crippen LogP contribution in [-0.2, 0) is 13.6 Å². The minimum atomic E-state index is -0.188. The van der Waals surface area contributed by atoms with E-state index in [0.717, 1.165) is 36.5 Å². The number of rotatable bonds is 6. The van der Waals surface area contributed by atoms with Crippen LogP contribution < -0.4 is 5.32 Å². The third-order valence-electron chi connectivity index (χ3n) is 4.17. The van der Waals surface area contributed by atoms with Crippen LogP contribution in [0.1, 0.15) is 30.1 Å². The predicted octanol–water partition coefficient (Wildman–Crippen LogP) is 1.20. The predicted molar refractivity (Wildman–Crippen MR) is 87.7 cm³/mol. The lowest BCUT2D eigenvalue weighted by Gasteiger charge is -2.37. The summed E-state index contributed by atoms with van der Waals surface area (Å²) in [6.07, 6.45) is 8.84. The van der Waals surface area contributed by atoms with Crippen molar-refractivity contribution in [3.8, 4) is 0 Å². The van der Waals surface area contributed by atoms with Crippen LogP contribution in [-0.4, -0.2) is 50.0 Å². The smallest absolute Gasteiger partial charge is 0.145 e. The molecule has 7 heteroatoms. The third-order valence-corrected chi connectivity index (χ3v) is 4.17. The van der Waals surface area contributed by atoms with Crippen molar-refractivity contribution in [2.24, 2.45) is 13.0 Å². The molecule has 1 aliphatic rings. The monoisotopic (exact) mass is 316 g/mol. The van der Waals surface area contributed by atoms with Crippen molar-refractivity contribution in [1.29, 1.82) is 0 Å². The SMILES string of the molecule is CN(C)Cc1cncc(N[C@@H](c2cnn(C)c2)C2CC(O)C2)n1. The molecule has 23 heavy (non-hydrogen) atoms. The van der Waals surface area contributed by atoms with Crippen molar-refractivity contribution >= 4 is 5.82 Å². The number of aliphatic hydroxyl groups is 1. The van der Waals surface area contributed by atoms with E-state index in [-0.39, 0.29) is 12.1 Å². The van der Waals surface area contributed by atoms with Gasteiger partial charge >= 0.3 is 0 Å². The molecule has 0 aliphatic heterocycles. The van der Waals surface area contributed by atoms with Crippen molar-refractivity contribution in [2.45, 2.75) is 31.5 Å². The summed E-state index contributed by atoms with van der Waals surface area (Å²) in [5.41, 5.74) is 2.04. The van der Waals surface area contributed by atoms with E-state index in [1.807, 2.05) is 33.5 Å². The summed E-state index contributed by atoms with van der Waals surface area (Å²) in [4.78, 5) is 11.0. The number of nitrogens with zero attached hydrogens (tertiary/aromatic N) is 5. The van der Waals surface area contributed by atoms with Gasteiger partial charge in [0.15, 0.2) is 0 Å². The zero-order valence-electron chi connectivity index (χ0n) is 13.8. The minimum absolute atomic E-state index is 0.0935. The molecule has 0 amide bonds. The number of aromatic nitrogens is 4. The Morgan fingerprint density at radius 1 is 1.35 bits per heavy atom. The molecule has 2 aromatic heterocycles. The van der Waals surface area contributed by atoms with Crippen LogP contribution in [0.15, 0.2) is 24.8 Å². The fraction of sp³-hybridized carbons (Fsp3) is 0.562. The highest BCUT2D eigenvalue weighted by molar-refractivity contribution is 5.37. The standard InChI is InChI=1S/C16H24N6O/c1-21(2)10-13-7-17-8-15(19-13)20-16(11-4-14(23)5-11)12-6-18-22(3)9-12/h6-9,11,14,16,23H,4-5,10H2,1-3H3,(H,19,20)/t11?,14?,16-/m1/s1.